The summed E-state index contributed by atoms with van der Waals surface area (Å²) >= 11 is 8.44. The van der Waals surface area contributed by atoms with E-state index in [-0.39, 0.29) is 27.3 Å². The summed E-state index contributed by atoms with van der Waals surface area (Å²) < 4.78 is 6.50. The predicted molar refractivity (Wildman–Crippen MR) is 62.2 cm³/mol. The molecule has 0 aliphatic heterocycles. The van der Waals surface area contributed by atoms with Gasteiger partial charge in [-0.2, -0.15) is 0 Å². The summed E-state index contributed by atoms with van der Waals surface area (Å²) in [6, 6.07) is 0. The Morgan fingerprint density at radius 3 is 0.538 bits per heavy atom. The maximum Gasteiger partial charge on any atom is 0 e. The largest absolute Gasteiger partial charge is 0 e. The first-order valence-corrected chi connectivity index (χ1v) is 5.14. The average molecular weight is 627 g/mol. The molecule has 0 bridgehead atoms. The zero-order valence-electron chi connectivity index (χ0n) is 5.92. The molecule has 0 spiro atoms. The fourth-order valence-electron chi connectivity index (χ4n) is 0. The Bertz CT molecular complexity index is 156. The smallest absolute Gasteiger partial charge is 0 e. The molecule has 0 aliphatic carbocycles. The summed E-state index contributed by atoms with van der Waals surface area (Å²) in [5, 5.41) is 29.1. The Hall–Kier alpha value is 1.32. The molecule has 0 aliphatic rings. The third-order valence-electron chi connectivity index (χ3n) is 0. The summed E-state index contributed by atoms with van der Waals surface area (Å²) in [5.41, 5.74) is 0. The Morgan fingerprint density at radius 1 is 0.538 bits per heavy atom. The van der Waals surface area contributed by atoms with E-state index in [9.17, 15) is 0 Å². The normalized spacial score (nSPS) is 2.46. The molecule has 4 radical (unpaired) electrons. The second-order valence-corrected chi connectivity index (χ2v) is 1.90. The molecule has 0 aromatic rings. The van der Waals surface area contributed by atoms with Crippen LogP contribution in [0.15, 0.2) is 0 Å². The van der Waals surface area contributed by atoms with E-state index in [2.05, 4.69) is 62.3 Å². The summed E-state index contributed by atoms with van der Waals surface area (Å²) in [5.74, 6) is 0. The number of hydrogen-bond acceptors (Lipinski definition) is 0. The van der Waals surface area contributed by atoms with Crippen LogP contribution in [0.2, 0.25) is 0 Å². The molecule has 0 fully saturated rings. The van der Waals surface area contributed by atoms with Crippen molar-refractivity contribution in [1.29, 1.82) is 0 Å². The topological polar surface area (TPSA) is 89.2 Å². The monoisotopic (exact) mass is 632 g/mol. The van der Waals surface area contributed by atoms with Crippen molar-refractivity contribution >= 4 is 108 Å². The molecule has 0 unspecified atom stereocenters. The van der Waals surface area contributed by atoms with Crippen LogP contribution in [0.3, 0.4) is 0 Å². The number of nitrogens with zero attached hydrogens (tertiary/aromatic N) is 4. The second kappa shape index (κ2) is 71.4. The minimum absolute atomic E-state index is 0. The van der Waals surface area contributed by atoms with Crippen LogP contribution in [0.5, 0.6) is 0 Å². The molecule has 0 aromatic heterocycles. The molecule has 0 rings (SSSR count). The maximum atomic E-state index is 7.26. The van der Waals surface area contributed by atoms with Gasteiger partial charge in [0, 0.05) is 27.3 Å². The van der Waals surface area contributed by atoms with Gasteiger partial charge in [-0.05, 0) is 0 Å². The van der Waals surface area contributed by atoms with E-state index in [1.165, 1.54) is 0 Å². The van der Waals surface area contributed by atoms with Gasteiger partial charge in [-0.15, -0.1) is 0 Å². The SMILES string of the molecule is [N-]=C=[Se].[N-]=C=[Se].[N-]=C=[Se].[N-]=C=[Se].[Pb]. The van der Waals surface area contributed by atoms with Crippen LogP contribution in [0.1, 0.15) is 0 Å². The molecule has 4 nitrogen and oxygen atoms in total. The number of rotatable bonds is 0. The molecule has 0 saturated carbocycles. The van der Waals surface area contributed by atoms with E-state index in [4.69, 9.17) is 21.6 Å². The summed E-state index contributed by atoms with van der Waals surface area (Å²) in [6.45, 7) is 0. The fraction of sp³-hybridized carbons (Fsp3) is 0. The minimum atomic E-state index is 0. The average Bonchev–Trinajstić information content (AvgIpc) is 1.92. The van der Waals surface area contributed by atoms with Crippen LogP contribution in [-0.4, -0.2) is 108 Å². The quantitative estimate of drug-likeness (QED) is 0.223. The molecule has 0 saturated heterocycles. The van der Waals surface area contributed by atoms with Gasteiger partial charge in [0.25, 0.3) is 0 Å². The maximum absolute atomic E-state index is 7.26. The van der Waals surface area contributed by atoms with E-state index < -0.39 is 0 Å². The first kappa shape index (κ1) is 29.2. The first-order valence-electron chi connectivity index (χ1n) is 1.71. The van der Waals surface area contributed by atoms with Crippen LogP contribution in [0.25, 0.3) is 21.6 Å². The molecule has 0 aromatic carbocycles. The number of hydrogen-bond donors (Lipinski definition) is 0. The van der Waals surface area contributed by atoms with Gasteiger partial charge >= 0.3 is 103 Å². The third-order valence-corrected chi connectivity index (χ3v) is 0. The van der Waals surface area contributed by atoms with Crippen LogP contribution in [0, 0.1) is 0 Å². The van der Waals surface area contributed by atoms with Crippen LogP contribution in [-0.2, 0) is 0 Å². The minimum Gasteiger partial charge on any atom is 0 e. The van der Waals surface area contributed by atoms with E-state index >= 15 is 0 Å². The zero-order valence-corrected chi connectivity index (χ0v) is 16.7. The molecule has 0 atom stereocenters. The first-order chi connectivity index (χ1) is 5.66. The predicted octanol–water partition coefficient (Wildman–Crippen LogP) is -1.86. The Morgan fingerprint density at radius 2 is 0.538 bits per heavy atom. The van der Waals surface area contributed by atoms with Gasteiger partial charge < -0.3 is 0 Å². The van der Waals surface area contributed by atoms with Crippen molar-refractivity contribution in [2.75, 3.05) is 0 Å². The Labute approximate surface area is 128 Å². The van der Waals surface area contributed by atoms with Gasteiger partial charge in [0.05, 0.1) is 0 Å². The standard InChI is InChI=1S/4CNSe.Pb/c4*2-1-3;/q4*-1;. The zero-order chi connectivity index (χ0) is 10.8. The van der Waals surface area contributed by atoms with Crippen molar-refractivity contribution in [2.24, 2.45) is 0 Å². The van der Waals surface area contributed by atoms with Crippen molar-refractivity contribution in [2.45, 2.75) is 0 Å². The van der Waals surface area contributed by atoms with E-state index in [1.54, 1.807) is 18.9 Å². The fourth-order valence-corrected chi connectivity index (χ4v) is 0. The van der Waals surface area contributed by atoms with Gasteiger partial charge in [0.2, 0.25) is 0 Å². The molecule has 13 heavy (non-hydrogen) atoms. The van der Waals surface area contributed by atoms with Crippen molar-refractivity contribution < 1.29 is 0 Å². The van der Waals surface area contributed by atoms with Gasteiger partial charge in [0.1, 0.15) is 0 Å². The molecular weight excluding hydrogens is 627 g/mol. The van der Waals surface area contributed by atoms with Crippen molar-refractivity contribution in [3.63, 3.8) is 0 Å². The third kappa shape index (κ3) is 980. The van der Waals surface area contributed by atoms with E-state index in [1.807, 2.05) is 0 Å². The molecule has 0 N–H and O–H groups in total. The van der Waals surface area contributed by atoms with Crippen LogP contribution >= 0.6 is 0 Å². The molecule has 0 amide bonds. The van der Waals surface area contributed by atoms with Gasteiger partial charge in [-0.3, -0.25) is 0 Å². The molecule has 9 heteroatoms. The van der Waals surface area contributed by atoms with Crippen molar-refractivity contribution in [3.05, 3.63) is 21.6 Å². The molecular formula is C4N4PbSe4-4. The Kier molecular flexibility index (Phi) is 161. The summed E-state index contributed by atoms with van der Waals surface area (Å²) in [4.78, 5) is 0. The van der Waals surface area contributed by atoms with Gasteiger partial charge in [0.15, 0.2) is 0 Å². The van der Waals surface area contributed by atoms with Crippen molar-refractivity contribution in [3.8, 4) is 0 Å². The second-order valence-electron chi connectivity index (χ2n) is 0.365. The van der Waals surface area contributed by atoms with Crippen LogP contribution in [0.4, 0.5) is 0 Å². The molecule has 0 heterocycles. The van der Waals surface area contributed by atoms with E-state index in [0.717, 1.165) is 0 Å². The van der Waals surface area contributed by atoms with E-state index in [0.29, 0.717) is 0 Å². The summed E-state index contributed by atoms with van der Waals surface area (Å²) in [6.07, 6.45) is 0. The van der Waals surface area contributed by atoms with Crippen LogP contribution < -0.4 is 0 Å². The van der Waals surface area contributed by atoms with Gasteiger partial charge in [-0.1, -0.05) is 0 Å². The Balaban J connectivity index is -0.0000000213. The summed E-state index contributed by atoms with van der Waals surface area (Å²) in [7, 11) is 0. The van der Waals surface area contributed by atoms with Gasteiger partial charge in [-0.25, -0.2) is 0 Å². The van der Waals surface area contributed by atoms with Crippen molar-refractivity contribution in [1.82, 2.24) is 0 Å². The molecule has 68 valence electrons.